The van der Waals surface area contributed by atoms with E-state index in [0.717, 1.165) is 30.4 Å². The number of rotatable bonds is 4. The molecule has 102 valence electrons. The van der Waals surface area contributed by atoms with Crippen LogP contribution in [0.1, 0.15) is 39.6 Å². The number of nitrogens with one attached hydrogen (secondary N) is 1. The lowest BCUT2D eigenvalue weighted by molar-refractivity contribution is 0.0691. The van der Waals surface area contributed by atoms with Gasteiger partial charge in [-0.3, -0.25) is 0 Å². The van der Waals surface area contributed by atoms with Gasteiger partial charge in [0, 0.05) is 5.69 Å². The Morgan fingerprint density at radius 3 is 2.85 bits per heavy atom. The lowest BCUT2D eigenvalue weighted by Gasteiger charge is -2.04. The van der Waals surface area contributed by atoms with E-state index in [0.29, 0.717) is 11.6 Å². The molecule has 1 fully saturated rings. The molecular formula is C17H17NO2. The fraction of sp³-hybridized carbons (Fsp3) is 0.353. The zero-order chi connectivity index (χ0) is 13.7. The van der Waals surface area contributed by atoms with E-state index in [1.165, 1.54) is 17.5 Å². The van der Waals surface area contributed by atoms with Crippen molar-refractivity contribution in [3.63, 3.8) is 0 Å². The minimum Gasteiger partial charge on any atom is -0.477 e. The zero-order valence-electron chi connectivity index (χ0n) is 11.2. The Morgan fingerprint density at radius 2 is 2.10 bits per heavy atom. The highest BCUT2D eigenvalue weighted by atomic mass is 16.4. The van der Waals surface area contributed by atoms with Crippen LogP contribution in [0, 0.1) is 11.8 Å². The van der Waals surface area contributed by atoms with E-state index in [9.17, 15) is 4.79 Å². The van der Waals surface area contributed by atoms with Gasteiger partial charge in [0.25, 0.3) is 0 Å². The number of fused-ring (bicyclic) bond motifs is 3. The summed E-state index contributed by atoms with van der Waals surface area (Å²) in [5.41, 5.74) is 4.18. The van der Waals surface area contributed by atoms with Crippen LogP contribution in [0.2, 0.25) is 0 Å². The molecule has 3 heteroatoms. The van der Waals surface area contributed by atoms with Crippen molar-refractivity contribution in [2.75, 3.05) is 0 Å². The van der Waals surface area contributed by atoms with Crippen molar-refractivity contribution in [1.29, 1.82) is 0 Å². The second kappa shape index (κ2) is 4.23. The summed E-state index contributed by atoms with van der Waals surface area (Å²) in [5, 5.41) is 9.03. The summed E-state index contributed by atoms with van der Waals surface area (Å²) in [6.07, 6.45) is 3.38. The molecule has 1 heterocycles. The zero-order valence-corrected chi connectivity index (χ0v) is 11.2. The van der Waals surface area contributed by atoms with E-state index in [-0.39, 0.29) is 0 Å². The van der Waals surface area contributed by atoms with Crippen molar-refractivity contribution in [3.05, 3.63) is 58.9 Å². The first-order chi connectivity index (χ1) is 9.74. The predicted molar refractivity (Wildman–Crippen MR) is 75.9 cm³/mol. The highest BCUT2D eigenvalue weighted by molar-refractivity contribution is 5.86. The minimum atomic E-state index is -0.850. The van der Waals surface area contributed by atoms with Crippen LogP contribution in [0.3, 0.4) is 0 Å². The summed E-state index contributed by atoms with van der Waals surface area (Å²) in [6.45, 7) is 0. The van der Waals surface area contributed by atoms with E-state index < -0.39 is 5.97 Å². The number of carboxylic acid groups (broad SMARTS) is 1. The molecule has 2 aliphatic carbocycles. The first-order valence-electron chi connectivity index (χ1n) is 7.23. The lowest BCUT2D eigenvalue weighted by Crippen LogP contribution is -1.98. The summed E-state index contributed by atoms with van der Waals surface area (Å²) < 4.78 is 0. The molecule has 1 unspecified atom stereocenters. The average molecular weight is 267 g/mol. The third-order valence-electron chi connectivity index (χ3n) is 4.90. The monoisotopic (exact) mass is 267 g/mol. The van der Waals surface area contributed by atoms with Gasteiger partial charge in [-0.05, 0) is 54.2 Å². The maximum atomic E-state index is 11.0. The van der Waals surface area contributed by atoms with Crippen LogP contribution < -0.4 is 0 Å². The van der Waals surface area contributed by atoms with Crippen molar-refractivity contribution in [3.8, 4) is 0 Å². The molecule has 2 aliphatic rings. The molecule has 4 rings (SSSR count). The largest absolute Gasteiger partial charge is 0.477 e. The summed E-state index contributed by atoms with van der Waals surface area (Å²) in [4.78, 5) is 14.0. The van der Waals surface area contributed by atoms with E-state index in [4.69, 9.17) is 5.11 Å². The SMILES string of the molecule is O=C(O)c1cc2c([nH]1)C[C@@H]1C(CCc3ccccc3)[C@H]21. The van der Waals surface area contributed by atoms with Crippen LogP contribution in [-0.2, 0) is 12.8 Å². The molecule has 20 heavy (non-hydrogen) atoms. The molecule has 2 N–H and O–H groups in total. The van der Waals surface area contributed by atoms with Gasteiger partial charge in [0.1, 0.15) is 5.69 Å². The Labute approximate surface area is 117 Å². The Morgan fingerprint density at radius 1 is 1.30 bits per heavy atom. The van der Waals surface area contributed by atoms with Crippen LogP contribution in [0.15, 0.2) is 36.4 Å². The van der Waals surface area contributed by atoms with Crippen molar-refractivity contribution in [2.24, 2.45) is 11.8 Å². The summed E-state index contributed by atoms with van der Waals surface area (Å²) >= 11 is 0. The number of hydrogen-bond donors (Lipinski definition) is 2. The topological polar surface area (TPSA) is 53.1 Å². The van der Waals surface area contributed by atoms with Crippen molar-refractivity contribution in [2.45, 2.75) is 25.2 Å². The summed E-state index contributed by atoms with van der Waals surface area (Å²) in [5.74, 6) is 1.26. The van der Waals surface area contributed by atoms with E-state index >= 15 is 0 Å². The number of H-pyrrole nitrogens is 1. The molecule has 2 aromatic rings. The van der Waals surface area contributed by atoms with Gasteiger partial charge < -0.3 is 10.1 Å². The Bertz CT molecular complexity index is 659. The molecule has 0 radical (unpaired) electrons. The predicted octanol–water partition coefficient (Wildman–Crippen LogP) is 3.23. The second-order valence-electron chi connectivity index (χ2n) is 6.00. The highest BCUT2D eigenvalue weighted by Gasteiger charge is 2.55. The lowest BCUT2D eigenvalue weighted by atomic mass is 10.0. The highest BCUT2D eigenvalue weighted by Crippen LogP contribution is 2.63. The molecule has 1 saturated carbocycles. The maximum Gasteiger partial charge on any atom is 0.352 e. The van der Waals surface area contributed by atoms with Gasteiger partial charge in [-0.1, -0.05) is 30.3 Å². The molecule has 1 aromatic carbocycles. The third-order valence-corrected chi connectivity index (χ3v) is 4.90. The number of aryl methyl sites for hydroxylation is 1. The first-order valence-corrected chi connectivity index (χ1v) is 7.23. The van der Waals surface area contributed by atoms with Gasteiger partial charge >= 0.3 is 5.97 Å². The normalized spacial score (nSPS) is 26.1. The van der Waals surface area contributed by atoms with Crippen molar-refractivity contribution in [1.82, 2.24) is 4.98 Å². The van der Waals surface area contributed by atoms with Gasteiger partial charge in [-0.15, -0.1) is 0 Å². The number of carbonyl (C=O) groups is 1. The fourth-order valence-electron chi connectivity index (χ4n) is 3.89. The molecule has 1 aromatic heterocycles. The average Bonchev–Trinajstić information content (AvgIpc) is 2.81. The van der Waals surface area contributed by atoms with Gasteiger partial charge in [-0.2, -0.15) is 0 Å². The quantitative estimate of drug-likeness (QED) is 0.893. The number of carboxylic acids is 1. The molecule has 0 spiro atoms. The van der Waals surface area contributed by atoms with Crippen LogP contribution in [0.5, 0.6) is 0 Å². The molecule has 3 atom stereocenters. The van der Waals surface area contributed by atoms with Gasteiger partial charge in [0.2, 0.25) is 0 Å². The van der Waals surface area contributed by atoms with Crippen LogP contribution in [0.4, 0.5) is 0 Å². The smallest absolute Gasteiger partial charge is 0.352 e. The van der Waals surface area contributed by atoms with Gasteiger partial charge in [0.05, 0.1) is 0 Å². The Balaban J connectivity index is 1.44. The summed E-state index contributed by atoms with van der Waals surface area (Å²) in [7, 11) is 0. The van der Waals surface area contributed by atoms with E-state index in [1.54, 1.807) is 0 Å². The van der Waals surface area contributed by atoms with E-state index in [1.807, 2.05) is 6.07 Å². The maximum absolute atomic E-state index is 11.0. The van der Waals surface area contributed by atoms with Crippen LogP contribution >= 0.6 is 0 Å². The van der Waals surface area contributed by atoms with Gasteiger partial charge in [0.15, 0.2) is 0 Å². The standard InChI is InChI=1S/C17H17NO2/c19-17(20)15-9-13-14(18-15)8-12-11(16(12)13)7-6-10-4-2-1-3-5-10/h1-5,9,11-12,16,18H,6-8H2,(H,19,20)/t11?,12-,16+/m1/s1. The number of aromatic nitrogens is 1. The number of hydrogen-bond acceptors (Lipinski definition) is 1. The van der Waals surface area contributed by atoms with Crippen LogP contribution in [0.25, 0.3) is 0 Å². The second-order valence-corrected chi connectivity index (χ2v) is 6.00. The number of aromatic carboxylic acids is 1. The number of aromatic amines is 1. The van der Waals surface area contributed by atoms with Crippen LogP contribution in [-0.4, -0.2) is 16.1 Å². The Hall–Kier alpha value is -2.03. The fourth-order valence-corrected chi connectivity index (χ4v) is 3.89. The molecule has 0 bridgehead atoms. The van der Waals surface area contributed by atoms with Crippen molar-refractivity contribution < 1.29 is 9.90 Å². The minimum absolute atomic E-state index is 0.349. The molecule has 0 amide bonds. The molecule has 3 nitrogen and oxygen atoms in total. The van der Waals surface area contributed by atoms with E-state index in [2.05, 4.69) is 35.3 Å². The Kier molecular flexibility index (Phi) is 2.49. The third kappa shape index (κ3) is 1.77. The first kappa shape index (κ1) is 11.8. The molecule has 0 saturated heterocycles. The van der Waals surface area contributed by atoms with Gasteiger partial charge in [-0.25, -0.2) is 4.79 Å². The summed E-state index contributed by atoms with van der Waals surface area (Å²) in [6, 6.07) is 12.4. The molecule has 0 aliphatic heterocycles. The van der Waals surface area contributed by atoms with Crippen molar-refractivity contribution >= 4 is 5.97 Å². The number of benzene rings is 1. The molecular weight excluding hydrogens is 250 g/mol.